The topological polar surface area (TPSA) is 64.8 Å². The predicted octanol–water partition coefficient (Wildman–Crippen LogP) is 1.89. The highest BCUT2D eigenvalue weighted by Crippen LogP contribution is 2.32. The summed E-state index contributed by atoms with van der Waals surface area (Å²) < 4.78 is 10.6. The first kappa shape index (κ1) is 14.7. The smallest absolute Gasteiger partial charge is 0.231 e. The van der Waals surface area contributed by atoms with Crippen molar-refractivity contribution in [3.63, 3.8) is 0 Å². The molecule has 1 amide bonds. The molecule has 1 aromatic carbocycles. The van der Waals surface area contributed by atoms with Gasteiger partial charge in [0, 0.05) is 26.1 Å². The zero-order chi connectivity index (χ0) is 14.5. The number of fused-ring (bicyclic) bond motifs is 1. The number of rotatable bonds is 6. The summed E-state index contributed by atoms with van der Waals surface area (Å²) in [5.41, 5.74) is 6.72. The van der Waals surface area contributed by atoms with Crippen molar-refractivity contribution < 1.29 is 14.3 Å². The van der Waals surface area contributed by atoms with Gasteiger partial charge in [-0.25, -0.2) is 0 Å². The summed E-state index contributed by atoms with van der Waals surface area (Å²) in [4.78, 5) is 13.7. The molecule has 1 atom stereocenters. The number of amides is 1. The normalized spacial score (nSPS) is 14.2. The molecule has 0 aromatic heterocycles. The van der Waals surface area contributed by atoms with Crippen molar-refractivity contribution in [2.24, 2.45) is 5.73 Å². The van der Waals surface area contributed by atoms with E-state index in [1.165, 1.54) is 0 Å². The number of ether oxygens (including phenoxy) is 2. The molecule has 0 saturated carbocycles. The SMILES string of the molecule is CC(N)CCCC(=O)N(C)Cc1ccc2c(c1)OCO2. The van der Waals surface area contributed by atoms with Gasteiger partial charge in [-0.15, -0.1) is 0 Å². The number of hydrogen-bond donors (Lipinski definition) is 1. The molecule has 0 saturated heterocycles. The van der Waals surface area contributed by atoms with Gasteiger partial charge in [-0.2, -0.15) is 0 Å². The van der Waals surface area contributed by atoms with Crippen molar-refractivity contribution in [3.05, 3.63) is 23.8 Å². The molecule has 1 heterocycles. The predicted molar refractivity (Wildman–Crippen MR) is 76.5 cm³/mol. The quantitative estimate of drug-likeness (QED) is 0.863. The zero-order valence-electron chi connectivity index (χ0n) is 12.1. The van der Waals surface area contributed by atoms with Crippen LogP contribution in [0.25, 0.3) is 0 Å². The Morgan fingerprint density at radius 1 is 1.40 bits per heavy atom. The fourth-order valence-corrected chi connectivity index (χ4v) is 2.17. The standard InChI is InChI=1S/C15H22N2O3/c1-11(16)4-3-5-15(18)17(2)9-12-6-7-13-14(8-12)20-10-19-13/h6-8,11H,3-5,9-10,16H2,1-2H3. The average Bonchev–Trinajstić information content (AvgIpc) is 2.85. The molecule has 0 fully saturated rings. The number of benzene rings is 1. The van der Waals surface area contributed by atoms with Crippen LogP contribution in [0.1, 0.15) is 31.7 Å². The molecule has 0 spiro atoms. The number of nitrogens with two attached hydrogens (primary N) is 1. The van der Waals surface area contributed by atoms with Crippen molar-refractivity contribution in [1.82, 2.24) is 4.90 Å². The number of hydrogen-bond acceptors (Lipinski definition) is 4. The molecule has 1 aromatic rings. The van der Waals surface area contributed by atoms with E-state index in [4.69, 9.17) is 15.2 Å². The second-order valence-electron chi connectivity index (χ2n) is 5.31. The van der Waals surface area contributed by atoms with Gasteiger partial charge < -0.3 is 20.1 Å². The van der Waals surface area contributed by atoms with Crippen LogP contribution in [-0.2, 0) is 11.3 Å². The van der Waals surface area contributed by atoms with E-state index in [0.717, 1.165) is 29.9 Å². The van der Waals surface area contributed by atoms with Gasteiger partial charge in [0.05, 0.1) is 0 Å². The largest absolute Gasteiger partial charge is 0.454 e. The van der Waals surface area contributed by atoms with Gasteiger partial charge in [0.1, 0.15) is 0 Å². The highest BCUT2D eigenvalue weighted by molar-refractivity contribution is 5.75. The lowest BCUT2D eigenvalue weighted by atomic mass is 10.1. The van der Waals surface area contributed by atoms with E-state index in [9.17, 15) is 4.79 Å². The van der Waals surface area contributed by atoms with Crippen molar-refractivity contribution in [3.8, 4) is 11.5 Å². The van der Waals surface area contributed by atoms with Gasteiger partial charge in [0.25, 0.3) is 0 Å². The molecule has 2 N–H and O–H groups in total. The Balaban J connectivity index is 1.84. The van der Waals surface area contributed by atoms with Gasteiger partial charge in [0.15, 0.2) is 11.5 Å². The highest BCUT2D eigenvalue weighted by Gasteiger charge is 2.15. The van der Waals surface area contributed by atoms with E-state index in [-0.39, 0.29) is 18.7 Å². The van der Waals surface area contributed by atoms with Gasteiger partial charge in [-0.3, -0.25) is 4.79 Å². The van der Waals surface area contributed by atoms with Gasteiger partial charge >= 0.3 is 0 Å². The minimum Gasteiger partial charge on any atom is -0.454 e. The molecule has 5 nitrogen and oxygen atoms in total. The van der Waals surface area contributed by atoms with Crippen molar-refractivity contribution in [2.45, 2.75) is 38.8 Å². The average molecular weight is 278 g/mol. The lowest BCUT2D eigenvalue weighted by Crippen LogP contribution is -2.26. The van der Waals surface area contributed by atoms with Crippen LogP contribution in [0.5, 0.6) is 11.5 Å². The van der Waals surface area contributed by atoms with Crippen LogP contribution >= 0.6 is 0 Å². The van der Waals surface area contributed by atoms with Gasteiger partial charge in [-0.05, 0) is 37.5 Å². The molecule has 0 aliphatic carbocycles. The second-order valence-corrected chi connectivity index (χ2v) is 5.31. The number of carbonyl (C=O) groups is 1. The van der Waals surface area contributed by atoms with Crippen LogP contribution in [0.2, 0.25) is 0 Å². The monoisotopic (exact) mass is 278 g/mol. The summed E-state index contributed by atoms with van der Waals surface area (Å²) in [5, 5.41) is 0. The van der Waals surface area contributed by atoms with Crippen LogP contribution < -0.4 is 15.2 Å². The van der Waals surface area contributed by atoms with Crippen LogP contribution in [-0.4, -0.2) is 30.7 Å². The van der Waals surface area contributed by atoms with Crippen LogP contribution in [0, 0.1) is 0 Å². The number of nitrogens with zero attached hydrogens (tertiary/aromatic N) is 1. The van der Waals surface area contributed by atoms with E-state index in [2.05, 4.69) is 0 Å². The third-order valence-electron chi connectivity index (χ3n) is 3.33. The fourth-order valence-electron chi connectivity index (χ4n) is 2.17. The summed E-state index contributed by atoms with van der Waals surface area (Å²) in [6.07, 6.45) is 2.26. The Kier molecular flexibility index (Phi) is 4.84. The van der Waals surface area contributed by atoms with E-state index >= 15 is 0 Å². The summed E-state index contributed by atoms with van der Waals surface area (Å²) in [5.74, 6) is 1.66. The molecule has 5 heteroatoms. The molecule has 1 aliphatic rings. The highest BCUT2D eigenvalue weighted by atomic mass is 16.7. The Labute approximate surface area is 119 Å². The maximum Gasteiger partial charge on any atom is 0.231 e. The Hall–Kier alpha value is -1.75. The molecule has 20 heavy (non-hydrogen) atoms. The molecule has 110 valence electrons. The van der Waals surface area contributed by atoms with Crippen molar-refractivity contribution in [1.29, 1.82) is 0 Å². The first-order chi connectivity index (χ1) is 9.56. The molecule has 1 unspecified atom stereocenters. The molecular weight excluding hydrogens is 256 g/mol. The van der Waals surface area contributed by atoms with E-state index in [1.807, 2.05) is 32.2 Å². The van der Waals surface area contributed by atoms with Gasteiger partial charge in [-0.1, -0.05) is 6.07 Å². The van der Waals surface area contributed by atoms with E-state index in [0.29, 0.717) is 13.0 Å². The van der Waals surface area contributed by atoms with E-state index < -0.39 is 0 Å². The van der Waals surface area contributed by atoms with Crippen molar-refractivity contribution in [2.75, 3.05) is 13.8 Å². The summed E-state index contributed by atoms with van der Waals surface area (Å²) in [7, 11) is 1.82. The third kappa shape index (κ3) is 3.87. The summed E-state index contributed by atoms with van der Waals surface area (Å²) in [6.45, 7) is 2.80. The Morgan fingerprint density at radius 2 is 2.15 bits per heavy atom. The third-order valence-corrected chi connectivity index (χ3v) is 3.33. The molecule has 0 radical (unpaired) electrons. The van der Waals surface area contributed by atoms with Gasteiger partial charge in [0.2, 0.25) is 12.7 Å². The zero-order valence-corrected chi connectivity index (χ0v) is 12.1. The van der Waals surface area contributed by atoms with Crippen LogP contribution in [0.15, 0.2) is 18.2 Å². The lowest BCUT2D eigenvalue weighted by molar-refractivity contribution is -0.130. The van der Waals surface area contributed by atoms with Crippen LogP contribution in [0.3, 0.4) is 0 Å². The minimum atomic E-state index is 0.142. The Bertz CT molecular complexity index is 474. The van der Waals surface area contributed by atoms with E-state index in [1.54, 1.807) is 4.90 Å². The first-order valence-corrected chi connectivity index (χ1v) is 6.94. The first-order valence-electron chi connectivity index (χ1n) is 6.94. The number of carbonyl (C=O) groups excluding carboxylic acids is 1. The summed E-state index contributed by atoms with van der Waals surface area (Å²) >= 11 is 0. The minimum absolute atomic E-state index is 0.142. The molecule has 2 rings (SSSR count). The molecule has 0 bridgehead atoms. The second kappa shape index (κ2) is 6.61. The van der Waals surface area contributed by atoms with Crippen LogP contribution in [0.4, 0.5) is 0 Å². The maximum absolute atomic E-state index is 12.0. The fraction of sp³-hybridized carbons (Fsp3) is 0.533. The molecule has 1 aliphatic heterocycles. The van der Waals surface area contributed by atoms with Crippen molar-refractivity contribution >= 4 is 5.91 Å². The molecular formula is C15H22N2O3. The summed E-state index contributed by atoms with van der Waals surface area (Å²) in [6, 6.07) is 5.92. The maximum atomic E-state index is 12.0. The lowest BCUT2D eigenvalue weighted by Gasteiger charge is -2.17. The Morgan fingerprint density at radius 3 is 2.90 bits per heavy atom.